The van der Waals surface area contributed by atoms with Gasteiger partial charge < -0.3 is 14.0 Å². The van der Waals surface area contributed by atoms with Crippen molar-refractivity contribution in [2.24, 2.45) is 7.05 Å². The van der Waals surface area contributed by atoms with Gasteiger partial charge in [-0.25, -0.2) is 4.98 Å². The first-order chi connectivity index (χ1) is 14.1. The van der Waals surface area contributed by atoms with Crippen LogP contribution in [-0.4, -0.2) is 33.9 Å². The Hall–Kier alpha value is -3.33. The number of fused-ring (bicyclic) bond motifs is 1. The average Bonchev–Trinajstić information content (AvgIpc) is 3.23. The number of hydrogen-bond acceptors (Lipinski definition) is 8. The van der Waals surface area contributed by atoms with Crippen LogP contribution in [0.25, 0.3) is 22.3 Å². The molecule has 4 rings (SSSR count). The van der Waals surface area contributed by atoms with Gasteiger partial charge in [-0.3, -0.25) is 9.36 Å². The van der Waals surface area contributed by atoms with Crippen LogP contribution in [0.2, 0.25) is 0 Å². The summed E-state index contributed by atoms with van der Waals surface area (Å²) in [5.74, 6) is 2.48. The molecule has 8 nitrogen and oxygen atoms in total. The van der Waals surface area contributed by atoms with Gasteiger partial charge in [0.2, 0.25) is 11.7 Å². The maximum absolute atomic E-state index is 12.5. The zero-order valence-corrected chi connectivity index (χ0v) is 16.9. The van der Waals surface area contributed by atoms with Crippen molar-refractivity contribution in [2.75, 3.05) is 14.2 Å². The van der Waals surface area contributed by atoms with Crippen LogP contribution in [0.15, 0.2) is 56.9 Å². The molecule has 2 aromatic carbocycles. The first-order valence-corrected chi connectivity index (χ1v) is 9.73. The minimum atomic E-state index is -0.0905. The normalized spacial score (nSPS) is 11.0. The molecule has 0 unspecified atom stereocenters. The zero-order chi connectivity index (χ0) is 20.4. The third kappa shape index (κ3) is 3.68. The van der Waals surface area contributed by atoms with E-state index in [4.69, 9.17) is 14.0 Å². The fraction of sp³-hybridized carbons (Fsp3) is 0.200. The summed E-state index contributed by atoms with van der Waals surface area (Å²) in [5, 5.41) is 5.21. The van der Waals surface area contributed by atoms with Crippen LogP contribution in [0.3, 0.4) is 0 Å². The summed E-state index contributed by atoms with van der Waals surface area (Å²) in [5.41, 5.74) is 1.27. The Morgan fingerprint density at radius 1 is 1.10 bits per heavy atom. The van der Waals surface area contributed by atoms with Gasteiger partial charge in [0, 0.05) is 13.1 Å². The van der Waals surface area contributed by atoms with Crippen molar-refractivity contribution in [1.82, 2.24) is 19.7 Å². The molecule has 0 aliphatic rings. The molecule has 0 atom stereocenters. The van der Waals surface area contributed by atoms with Crippen molar-refractivity contribution in [1.29, 1.82) is 0 Å². The summed E-state index contributed by atoms with van der Waals surface area (Å²) < 4.78 is 17.5. The molecule has 0 aliphatic heterocycles. The maximum Gasteiger partial charge on any atom is 0.261 e. The maximum atomic E-state index is 12.5. The molecule has 9 heteroatoms. The third-order valence-corrected chi connectivity index (χ3v) is 5.40. The van der Waals surface area contributed by atoms with Gasteiger partial charge in [0.05, 0.1) is 36.4 Å². The number of ether oxygens (including phenoxy) is 2. The summed E-state index contributed by atoms with van der Waals surface area (Å²) in [6.07, 6.45) is 0. The Morgan fingerprint density at radius 2 is 1.93 bits per heavy atom. The van der Waals surface area contributed by atoms with Crippen LogP contribution in [0.4, 0.5) is 0 Å². The Bertz CT molecular complexity index is 1230. The van der Waals surface area contributed by atoms with Gasteiger partial charge in [-0.1, -0.05) is 29.1 Å². The van der Waals surface area contributed by atoms with E-state index in [0.29, 0.717) is 50.6 Å². The van der Waals surface area contributed by atoms with Crippen molar-refractivity contribution in [3.8, 4) is 22.9 Å². The molecule has 0 N–H and O–H groups in total. The van der Waals surface area contributed by atoms with Crippen molar-refractivity contribution in [2.45, 2.75) is 10.9 Å². The van der Waals surface area contributed by atoms with Crippen LogP contribution < -0.4 is 15.0 Å². The number of methoxy groups -OCH3 is 2. The van der Waals surface area contributed by atoms with Gasteiger partial charge in [0.1, 0.15) is 11.5 Å². The SMILES string of the molecule is COc1ccc(-c2noc(CSc3nc4ccccc4c(=O)n3C)n2)c(OC)c1. The van der Waals surface area contributed by atoms with E-state index in [0.717, 1.165) is 0 Å². The third-order valence-electron chi connectivity index (χ3n) is 4.38. The fourth-order valence-corrected chi connectivity index (χ4v) is 3.67. The molecule has 29 heavy (non-hydrogen) atoms. The van der Waals surface area contributed by atoms with Gasteiger partial charge in [-0.15, -0.1) is 0 Å². The second kappa shape index (κ2) is 7.96. The average molecular weight is 410 g/mol. The summed E-state index contributed by atoms with van der Waals surface area (Å²) in [4.78, 5) is 21.5. The van der Waals surface area contributed by atoms with E-state index in [2.05, 4.69) is 15.1 Å². The second-order valence-corrected chi connectivity index (χ2v) is 7.08. The quantitative estimate of drug-likeness (QED) is 0.353. The lowest BCUT2D eigenvalue weighted by Crippen LogP contribution is -2.19. The van der Waals surface area contributed by atoms with Gasteiger partial charge in [-0.2, -0.15) is 4.98 Å². The molecule has 0 amide bonds. The highest BCUT2D eigenvalue weighted by Crippen LogP contribution is 2.32. The zero-order valence-electron chi connectivity index (χ0n) is 16.1. The van der Waals surface area contributed by atoms with Crippen LogP contribution >= 0.6 is 11.8 Å². The van der Waals surface area contributed by atoms with Gasteiger partial charge in [0.15, 0.2) is 5.16 Å². The smallest absolute Gasteiger partial charge is 0.261 e. The molecule has 0 saturated carbocycles. The molecule has 0 spiro atoms. The minimum absolute atomic E-state index is 0.0905. The van der Waals surface area contributed by atoms with Crippen LogP contribution in [0.1, 0.15) is 5.89 Å². The lowest BCUT2D eigenvalue weighted by Gasteiger charge is -2.07. The molecule has 4 aromatic rings. The van der Waals surface area contributed by atoms with E-state index < -0.39 is 0 Å². The highest BCUT2D eigenvalue weighted by atomic mass is 32.2. The highest BCUT2D eigenvalue weighted by Gasteiger charge is 2.16. The summed E-state index contributed by atoms with van der Waals surface area (Å²) in [7, 11) is 4.86. The Morgan fingerprint density at radius 3 is 2.72 bits per heavy atom. The number of benzene rings is 2. The van der Waals surface area contributed by atoms with E-state index in [1.165, 1.54) is 16.3 Å². The summed E-state index contributed by atoms with van der Waals surface area (Å²) in [6, 6.07) is 12.6. The van der Waals surface area contributed by atoms with Gasteiger partial charge in [-0.05, 0) is 24.3 Å². The minimum Gasteiger partial charge on any atom is -0.497 e. The first-order valence-electron chi connectivity index (χ1n) is 8.74. The number of hydrogen-bond donors (Lipinski definition) is 0. The van der Waals surface area contributed by atoms with Crippen LogP contribution in [0.5, 0.6) is 11.5 Å². The molecule has 0 aliphatic carbocycles. The molecule has 0 radical (unpaired) electrons. The molecule has 0 fully saturated rings. The van der Waals surface area contributed by atoms with E-state index in [-0.39, 0.29) is 5.56 Å². The van der Waals surface area contributed by atoms with Gasteiger partial charge >= 0.3 is 0 Å². The summed E-state index contributed by atoms with van der Waals surface area (Å²) >= 11 is 1.36. The predicted octanol–water partition coefficient (Wildman–Crippen LogP) is 3.29. The Labute approximate surface area is 170 Å². The van der Waals surface area contributed by atoms with Crippen molar-refractivity contribution in [3.05, 3.63) is 58.7 Å². The largest absolute Gasteiger partial charge is 0.497 e. The van der Waals surface area contributed by atoms with Crippen molar-refractivity contribution >= 4 is 22.7 Å². The number of thioether (sulfide) groups is 1. The molecule has 2 heterocycles. The number of aromatic nitrogens is 4. The molecule has 2 aromatic heterocycles. The van der Waals surface area contributed by atoms with Crippen molar-refractivity contribution in [3.63, 3.8) is 0 Å². The topological polar surface area (TPSA) is 92.3 Å². The Kier molecular flexibility index (Phi) is 5.22. The van der Waals surface area contributed by atoms with Crippen LogP contribution in [0, 0.1) is 0 Å². The summed E-state index contributed by atoms with van der Waals surface area (Å²) in [6.45, 7) is 0. The van der Waals surface area contributed by atoms with E-state index in [1.54, 1.807) is 39.5 Å². The Balaban J connectivity index is 1.57. The lowest BCUT2D eigenvalue weighted by molar-refractivity contribution is 0.388. The molecular weight excluding hydrogens is 392 g/mol. The number of rotatable bonds is 6. The molecule has 148 valence electrons. The van der Waals surface area contributed by atoms with Crippen molar-refractivity contribution < 1.29 is 14.0 Å². The van der Waals surface area contributed by atoms with Crippen LogP contribution in [-0.2, 0) is 12.8 Å². The number of para-hydroxylation sites is 1. The number of nitrogens with zero attached hydrogens (tertiary/aromatic N) is 4. The standard InChI is InChI=1S/C20H18N4O4S/c1-24-19(25)13-6-4-5-7-15(13)21-20(24)29-11-17-22-18(23-28-17)14-9-8-12(26-2)10-16(14)27-3/h4-10H,11H2,1-3H3. The molecule has 0 saturated heterocycles. The second-order valence-electron chi connectivity index (χ2n) is 6.14. The monoisotopic (exact) mass is 410 g/mol. The van der Waals surface area contributed by atoms with E-state index in [1.807, 2.05) is 24.3 Å². The highest BCUT2D eigenvalue weighted by molar-refractivity contribution is 7.98. The predicted molar refractivity (Wildman–Crippen MR) is 109 cm³/mol. The van der Waals surface area contributed by atoms with Gasteiger partial charge in [0.25, 0.3) is 5.56 Å². The van der Waals surface area contributed by atoms with E-state index in [9.17, 15) is 4.79 Å². The fourth-order valence-electron chi connectivity index (χ4n) is 2.86. The molecule has 0 bridgehead atoms. The molecular formula is C20H18N4O4S. The van der Waals surface area contributed by atoms with E-state index >= 15 is 0 Å². The first kappa shape index (κ1) is 19.0. The lowest BCUT2D eigenvalue weighted by atomic mass is 10.2.